The minimum atomic E-state index is -0.273. The molecule has 1 aromatic heterocycles. The van der Waals surface area contributed by atoms with Crippen LogP contribution in [0.5, 0.6) is 0 Å². The van der Waals surface area contributed by atoms with Gasteiger partial charge in [-0.05, 0) is 35.9 Å². The highest BCUT2D eigenvalue weighted by molar-refractivity contribution is 5.77. The van der Waals surface area contributed by atoms with Crippen molar-refractivity contribution >= 4 is 18.9 Å². The summed E-state index contributed by atoms with van der Waals surface area (Å²) in [5, 5.41) is 30.1. The van der Waals surface area contributed by atoms with Crippen LogP contribution in [0.4, 0.5) is 0 Å². The molecule has 3 aliphatic rings. The standard InChI is InChI=1S/C22H31N7O.2CH2O2/c1-27-14-21(15-27)16-28(17-21)19(30)13-29-20(24-25-26-29)22(10-6-3-7-11-22)23-12-18-8-4-2-5-9-18;2*2-1-3/h2,4-5,8-9,23H,3,6-7,10-17H2,1H3;2*1H,(H,2,3). The summed E-state index contributed by atoms with van der Waals surface area (Å²) < 4.78 is 1.74. The quantitative estimate of drug-likeness (QED) is 0.484. The number of nitrogens with zero attached hydrogens (tertiary/aromatic N) is 6. The van der Waals surface area contributed by atoms with E-state index >= 15 is 0 Å². The molecule has 3 heterocycles. The SMILES string of the molecule is CN1CC2(C1)CN(C(=O)Cn1nnnc1C1(NCc3ccccc3)CCCCC1)C2.O=CO.O=CO. The van der Waals surface area contributed by atoms with Gasteiger partial charge in [-0.3, -0.25) is 14.4 Å². The molecule has 1 saturated carbocycles. The average molecular weight is 502 g/mol. The number of amides is 1. The van der Waals surface area contributed by atoms with E-state index in [9.17, 15) is 4.79 Å². The van der Waals surface area contributed by atoms with Crippen molar-refractivity contribution < 1.29 is 24.6 Å². The van der Waals surface area contributed by atoms with Crippen molar-refractivity contribution in [3.05, 3.63) is 41.7 Å². The van der Waals surface area contributed by atoms with Gasteiger partial charge in [0.2, 0.25) is 5.91 Å². The second-order valence-electron chi connectivity index (χ2n) is 9.77. The van der Waals surface area contributed by atoms with Crippen LogP contribution < -0.4 is 5.32 Å². The summed E-state index contributed by atoms with van der Waals surface area (Å²) in [6, 6.07) is 10.4. The summed E-state index contributed by atoms with van der Waals surface area (Å²) in [5.74, 6) is 0.933. The summed E-state index contributed by atoms with van der Waals surface area (Å²) in [6.45, 7) is 4.42. The number of hydrogen-bond acceptors (Lipinski definition) is 8. The van der Waals surface area contributed by atoms with Crippen LogP contribution in [0.3, 0.4) is 0 Å². The summed E-state index contributed by atoms with van der Waals surface area (Å²) in [7, 11) is 2.13. The van der Waals surface area contributed by atoms with Crippen LogP contribution in [0.25, 0.3) is 0 Å². The largest absolute Gasteiger partial charge is 0.483 e. The number of tetrazole rings is 1. The first-order valence-electron chi connectivity index (χ1n) is 12.1. The van der Waals surface area contributed by atoms with Crippen molar-refractivity contribution in [1.29, 1.82) is 0 Å². The van der Waals surface area contributed by atoms with Crippen LogP contribution >= 0.6 is 0 Å². The summed E-state index contributed by atoms with van der Waals surface area (Å²) >= 11 is 0. The first-order valence-corrected chi connectivity index (χ1v) is 12.1. The molecule has 2 saturated heterocycles. The molecule has 2 aliphatic heterocycles. The van der Waals surface area contributed by atoms with E-state index < -0.39 is 0 Å². The maximum atomic E-state index is 12.9. The lowest BCUT2D eigenvalue weighted by Gasteiger charge is -2.59. The van der Waals surface area contributed by atoms with E-state index in [1.54, 1.807) is 4.68 Å². The molecular formula is C24H35N7O5. The van der Waals surface area contributed by atoms with Gasteiger partial charge in [-0.2, -0.15) is 0 Å². The van der Waals surface area contributed by atoms with Gasteiger partial charge in [0.25, 0.3) is 12.9 Å². The highest BCUT2D eigenvalue weighted by Crippen LogP contribution is 2.39. The maximum Gasteiger partial charge on any atom is 0.290 e. The monoisotopic (exact) mass is 501 g/mol. The Labute approximate surface area is 210 Å². The normalized spacial score (nSPS) is 19.4. The van der Waals surface area contributed by atoms with Gasteiger partial charge in [0, 0.05) is 38.1 Å². The van der Waals surface area contributed by atoms with Crippen molar-refractivity contribution in [1.82, 2.24) is 35.3 Å². The van der Waals surface area contributed by atoms with Gasteiger partial charge in [-0.1, -0.05) is 49.6 Å². The van der Waals surface area contributed by atoms with E-state index in [0.717, 1.165) is 64.2 Å². The third-order valence-electron chi connectivity index (χ3n) is 7.04. The molecular weight excluding hydrogens is 466 g/mol. The van der Waals surface area contributed by atoms with Crippen LogP contribution in [-0.4, -0.2) is 92.3 Å². The number of likely N-dealkylation sites (tertiary alicyclic amines) is 2. The topological polar surface area (TPSA) is 154 Å². The predicted molar refractivity (Wildman–Crippen MR) is 130 cm³/mol. The van der Waals surface area contributed by atoms with Gasteiger partial charge in [-0.25, -0.2) is 4.68 Å². The Morgan fingerprint density at radius 1 is 1.03 bits per heavy atom. The Morgan fingerprint density at radius 3 is 2.22 bits per heavy atom. The Balaban J connectivity index is 0.000000550. The predicted octanol–water partition coefficient (Wildman–Crippen LogP) is 0.798. The molecule has 0 unspecified atom stereocenters. The van der Waals surface area contributed by atoms with Gasteiger partial charge in [0.1, 0.15) is 6.54 Å². The van der Waals surface area contributed by atoms with Crippen LogP contribution in [0.2, 0.25) is 0 Å². The number of carbonyl (C=O) groups is 3. The summed E-state index contributed by atoms with van der Waals surface area (Å²) in [5.41, 5.74) is 1.31. The summed E-state index contributed by atoms with van der Waals surface area (Å²) in [4.78, 5) is 33.9. The zero-order valence-electron chi connectivity index (χ0n) is 20.6. The number of benzene rings is 1. The zero-order valence-corrected chi connectivity index (χ0v) is 20.6. The lowest BCUT2D eigenvalue weighted by molar-refractivity contribution is -0.157. The number of carboxylic acid groups (broad SMARTS) is 2. The van der Waals surface area contributed by atoms with Gasteiger partial charge in [0.15, 0.2) is 5.82 Å². The molecule has 196 valence electrons. The first-order chi connectivity index (χ1) is 17.4. The smallest absolute Gasteiger partial charge is 0.290 e. The molecule has 1 aromatic carbocycles. The van der Waals surface area contributed by atoms with Gasteiger partial charge in [-0.15, -0.1) is 5.10 Å². The van der Waals surface area contributed by atoms with Crippen LogP contribution in [-0.2, 0) is 33.0 Å². The highest BCUT2D eigenvalue weighted by atomic mass is 16.3. The van der Waals surface area contributed by atoms with Crippen molar-refractivity contribution in [2.24, 2.45) is 5.41 Å². The second kappa shape index (κ2) is 12.5. The fourth-order valence-electron chi connectivity index (χ4n) is 5.62. The molecule has 3 fully saturated rings. The number of rotatable bonds is 6. The van der Waals surface area contributed by atoms with Gasteiger partial charge in [0.05, 0.1) is 5.54 Å². The summed E-state index contributed by atoms with van der Waals surface area (Å²) in [6.07, 6.45) is 5.51. The molecule has 0 radical (unpaired) electrons. The van der Waals surface area contributed by atoms with E-state index in [1.807, 2.05) is 11.0 Å². The third-order valence-corrected chi connectivity index (χ3v) is 7.04. The Hall–Kier alpha value is -3.38. The molecule has 3 N–H and O–H groups in total. The molecule has 5 rings (SSSR count). The highest BCUT2D eigenvalue weighted by Gasteiger charge is 2.52. The molecule has 1 amide bonds. The Morgan fingerprint density at radius 2 is 1.64 bits per heavy atom. The van der Waals surface area contributed by atoms with Gasteiger partial charge >= 0.3 is 0 Å². The molecule has 2 aromatic rings. The van der Waals surface area contributed by atoms with Crippen LogP contribution in [0.15, 0.2) is 30.3 Å². The fraction of sp³-hybridized carbons (Fsp3) is 0.583. The van der Waals surface area contributed by atoms with Crippen LogP contribution in [0.1, 0.15) is 43.5 Å². The third kappa shape index (κ3) is 6.43. The molecule has 0 bridgehead atoms. The minimum Gasteiger partial charge on any atom is -0.483 e. The van der Waals surface area contributed by atoms with Crippen LogP contribution in [0, 0.1) is 5.41 Å². The van der Waals surface area contributed by atoms with Crippen molar-refractivity contribution in [3.63, 3.8) is 0 Å². The Kier molecular flexibility index (Phi) is 9.48. The molecule has 12 heteroatoms. The number of nitrogens with one attached hydrogen (secondary N) is 1. The number of carbonyl (C=O) groups excluding carboxylic acids is 1. The lowest BCUT2D eigenvalue weighted by Crippen LogP contribution is -2.72. The van der Waals surface area contributed by atoms with E-state index in [-0.39, 0.29) is 30.9 Å². The maximum absolute atomic E-state index is 12.9. The van der Waals surface area contributed by atoms with Crippen molar-refractivity contribution in [2.45, 2.75) is 50.7 Å². The van der Waals surface area contributed by atoms with Crippen molar-refractivity contribution in [2.75, 3.05) is 33.2 Å². The first kappa shape index (κ1) is 27.2. The minimum absolute atomic E-state index is 0.123. The second-order valence-corrected chi connectivity index (χ2v) is 9.77. The molecule has 12 nitrogen and oxygen atoms in total. The number of hydrogen-bond donors (Lipinski definition) is 3. The van der Waals surface area contributed by atoms with E-state index in [1.165, 1.54) is 12.0 Å². The fourth-order valence-corrected chi connectivity index (χ4v) is 5.62. The van der Waals surface area contributed by atoms with Gasteiger partial charge < -0.3 is 25.3 Å². The average Bonchev–Trinajstić information content (AvgIpc) is 3.30. The number of aromatic nitrogens is 4. The van der Waals surface area contributed by atoms with E-state index in [0.29, 0.717) is 5.41 Å². The zero-order chi connectivity index (χ0) is 26.0. The Bertz CT molecular complexity index is 974. The van der Waals surface area contributed by atoms with E-state index in [4.69, 9.17) is 19.8 Å². The molecule has 1 aliphatic carbocycles. The molecule has 1 spiro atoms. The molecule has 36 heavy (non-hydrogen) atoms. The van der Waals surface area contributed by atoms with E-state index in [2.05, 4.69) is 57.1 Å². The van der Waals surface area contributed by atoms with Crippen molar-refractivity contribution in [3.8, 4) is 0 Å². The molecule has 0 atom stereocenters. The lowest BCUT2D eigenvalue weighted by atomic mass is 9.73.